The van der Waals surface area contributed by atoms with Crippen molar-refractivity contribution in [2.45, 2.75) is 20.4 Å². The Labute approximate surface area is 231 Å². The number of likely N-dealkylation sites (N-methyl/N-ethyl adjacent to an activating group) is 1. The Hall–Kier alpha value is -4.55. The molecule has 0 unspecified atom stereocenters. The van der Waals surface area contributed by atoms with Crippen molar-refractivity contribution < 1.29 is 19.0 Å². The van der Waals surface area contributed by atoms with Crippen molar-refractivity contribution in [2.24, 2.45) is 15.7 Å². The number of guanidine groups is 1. The van der Waals surface area contributed by atoms with Crippen molar-refractivity contribution in [2.75, 3.05) is 41.5 Å². The minimum Gasteiger partial charge on any atom is -0.497 e. The maximum atomic E-state index is 12.8. The Balaban J connectivity index is 2.07. The molecule has 0 heterocycles. The van der Waals surface area contributed by atoms with Gasteiger partial charge in [0.2, 0.25) is 5.96 Å². The van der Waals surface area contributed by atoms with E-state index >= 15 is 0 Å². The van der Waals surface area contributed by atoms with Crippen LogP contribution in [-0.4, -0.2) is 64.1 Å². The fraction of sp³-hybridized carbons (Fsp3) is 0.300. The Morgan fingerprint density at radius 2 is 1.85 bits per heavy atom. The van der Waals surface area contributed by atoms with Gasteiger partial charge >= 0.3 is 0 Å². The van der Waals surface area contributed by atoms with E-state index in [4.69, 9.17) is 19.9 Å². The number of aliphatic imine (C=N–C) groups is 2. The minimum absolute atomic E-state index is 0.0307. The molecule has 2 aromatic rings. The molecule has 3 N–H and O–H groups in total. The number of ether oxygens (including phenoxy) is 3. The van der Waals surface area contributed by atoms with Crippen molar-refractivity contribution >= 4 is 17.8 Å². The second-order valence-electron chi connectivity index (χ2n) is 8.81. The van der Waals surface area contributed by atoms with Crippen LogP contribution in [-0.2, 0) is 16.0 Å². The van der Waals surface area contributed by atoms with Crippen molar-refractivity contribution in [3.05, 3.63) is 88.8 Å². The van der Waals surface area contributed by atoms with Crippen molar-refractivity contribution in [1.29, 1.82) is 0 Å². The zero-order chi connectivity index (χ0) is 28.8. The first-order valence-electron chi connectivity index (χ1n) is 12.3. The number of rotatable bonds is 10. The summed E-state index contributed by atoms with van der Waals surface area (Å²) >= 11 is 0. The van der Waals surface area contributed by atoms with Crippen LogP contribution in [0.5, 0.6) is 5.75 Å². The molecule has 2 aromatic carbocycles. The lowest BCUT2D eigenvalue weighted by Crippen LogP contribution is -2.23. The number of nitrogens with one attached hydrogen (secondary N) is 1. The molecule has 0 aliphatic heterocycles. The maximum absolute atomic E-state index is 12.8. The van der Waals surface area contributed by atoms with E-state index in [-0.39, 0.29) is 17.8 Å². The number of amides is 1. The Kier molecular flexibility index (Phi) is 12.3. The average Bonchev–Trinajstić information content (AvgIpc) is 2.90. The molecular weight excluding hydrogens is 494 g/mol. The zero-order valence-corrected chi connectivity index (χ0v) is 23.5. The molecule has 0 aliphatic rings. The van der Waals surface area contributed by atoms with Gasteiger partial charge in [-0.25, -0.2) is 4.99 Å². The SMILES string of the molecule is C=C(/C=C(\C)N=C(N)N=C(C#Cc1cc(C(=O)NCc2ccc(OCCN(C)C)cc2)ccc1C)OC)OC. The van der Waals surface area contributed by atoms with Gasteiger partial charge in [-0.3, -0.25) is 4.79 Å². The van der Waals surface area contributed by atoms with Gasteiger partial charge in [-0.1, -0.05) is 30.7 Å². The zero-order valence-electron chi connectivity index (χ0n) is 23.5. The van der Waals surface area contributed by atoms with E-state index in [0.717, 1.165) is 23.4 Å². The highest BCUT2D eigenvalue weighted by atomic mass is 16.5. The number of methoxy groups -OCH3 is 2. The molecule has 0 atom stereocenters. The smallest absolute Gasteiger partial charge is 0.271 e. The van der Waals surface area contributed by atoms with Gasteiger partial charge in [0.05, 0.1) is 14.2 Å². The molecule has 9 heteroatoms. The quantitative estimate of drug-likeness (QED) is 0.159. The predicted molar refractivity (Wildman–Crippen MR) is 156 cm³/mol. The third-order valence-corrected chi connectivity index (χ3v) is 5.32. The molecule has 0 saturated carbocycles. The van der Waals surface area contributed by atoms with Gasteiger partial charge in [0.15, 0.2) is 0 Å². The number of allylic oxidation sites excluding steroid dienone is 2. The summed E-state index contributed by atoms with van der Waals surface area (Å²) in [6.45, 7) is 9.19. The molecule has 0 saturated heterocycles. The van der Waals surface area contributed by atoms with E-state index < -0.39 is 0 Å². The van der Waals surface area contributed by atoms with Gasteiger partial charge in [-0.05, 0) is 69.3 Å². The summed E-state index contributed by atoms with van der Waals surface area (Å²) in [6.07, 6.45) is 1.62. The van der Waals surface area contributed by atoms with E-state index in [1.54, 1.807) is 25.1 Å². The molecule has 0 bridgehead atoms. The lowest BCUT2D eigenvalue weighted by atomic mass is 10.0. The summed E-state index contributed by atoms with van der Waals surface area (Å²) in [5.74, 6) is 6.92. The van der Waals surface area contributed by atoms with Crippen LogP contribution in [0.15, 0.2) is 76.6 Å². The van der Waals surface area contributed by atoms with Gasteiger partial charge < -0.3 is 30.2 Å². The highest BCUT2D eigenvalue weighted by molar-refractivity contribution is 6.02. The molecule has 0 spiro atoms. The number of nitrogens with zero attached hydrogens (tertiary/aromatic N) is 3. The summed E-state index contributed by atoms with van der Waals surface area (Å²) in [5.41, 5.74) is 9.47. The van der Waals surface area contributed by atoms with Crippen LogP contribution in [0.1, 0.15) is 34.0 Å². The standard InChI is InChI=1S/C30H37N5O4/c1-21-8-11-26(29(36)32-20-24-9-13-27(14-10-24)39-17-16-35(4)5)19-25(21)12-15-28(38-7)34-30(31)33-22(2)18-23(3)37-6/h8-11,13-14,18-19H,3,16-17,20H2,1-2,4-7H3,(H2,31,33)(H,32,36)/b22-18+,34-28?. The first-order chi connectivity index (χ1) is 18.6. The molecule has 206 valence electrons. The molecule has 0 aliphatic carbocycles. The third-order valence-electron chi connectivity index (χ3n) is 5.32. The number of hydrogen-bond donors (Lipinski definition) is 2. The average molecular weight is 532 g/mol. The molecule has 2 rings (SSSR count). The molecule has 0 radical (unpaired) electrons. The first-order valence-corrected chi connectivity index (χ1v) is 12.3. The number of aryl methyl sites for hydroxylation is 1. The van der Waals surface area contributed by atoms with Crippen LogP contribution in [0.25, 0.3) is 0 Å². The van der Waals surface area contributed by atoms with E-state index in [2.05, 4.69) is 38.6 Å². The minimum atomic E-state index is -0.207. The highest BCUT2D eigenvalue weighted by Crippen LogP contribution is 2.13. The molecule has 0 fully saturated rings. The molecule has 0 aromatic heterocycles. The van der Waals surface area contributed by atoms with Crippen molar-refractivity contribution in [1.82, 2.24) is 10.2 Å². The van der Waals surface area contributed by atoms with Crippen LogP contribution in [0.4, 0.5) is 0 Å². The number of hydrogen-bond acceptors (Lipinski definition) is 6. The Bertz CT molecular complexity index is 1300. The van der Waals surface area contributed by atoms with E-state index in [1.165, 1.54) is 14.2 Å². The van der Waals surface area contributed by atoms with Crippen LogP contribution in [0, 0.1) is 18.8 Å². The van der Waals surface area contributed by atoms with Crippen LogP contribution in [0.2, 0.25) is 0 Å². The van der Waals surface area contributed by atoms with E-state index in [1.807, 2.05) is 51.4 Å². The van der Waals surface area contributed by atoms with Gasteiger partial charge in [0.1, 0.15) is 18.1 Å². The summed E-state index contributed by atoms with van der Waals surface area (Å²) < 4.78 is 15.9. The monoisotopic (exact) mass is 531 g/mol. The number of carbonyl (C=O) groups is 1. The van der Waals surface area contributed by atoms with E-state index in [0.29, 0.717) is 35.7 Å². The Morgan fingerprint density at radius 3 is 2.49 bits per heavy atom. The normalized spacial score (nSPS) is 11.9. The van der Waals surface area contributed by atoms with E-state index in [9.17, 15) is 4.79 Å². The predicted octanol–water partition coefficient (Wildman–Crippen LogP) is 3.64. The summed E-state index contributed by atoms with van der Waals surface area (Å²) in [6, 6.07) is 13.0. The molecule has 9 nitrogen and oxygen atoms in total. The third kappa shape index (κ3) is 11.2. The van der Waals surface area contributed by atoms with Crippen LogP contribution in [0.3, 0.4) is 0 Å². The summed E-state index contributed by atoms with van der Waals surface area (Å²) in [4.78, 5) is 23.1. The van der Waals surface area contributed by atoms with Crippen LogP contribution < -0.4 is 15.8 Å². The van der Waals surface area contributed by atoms with Crippen molar-refractivity contribution in [3.8, 4) is 17.6 Å². The fourth-order valence-corrected chi connectivity index (χ4v) is 3.11. The van der Waals surface area contributed by atoms with Gasteiger partial charge in [0, 0.05) is 36.0 Å². The number of nitrogens with two attached hydrogens (primary N) is 1. The number of benzene rings is 2. The lowest BCUT2D eigenvalue weighted by molar-refractivity contribution is 0.0951. The second-order valence-corrected chi connectivity index (χ2v) is 8.81. The highest BCUT2D eigenvalue weighted by Gasteiger charge is 2.08. The summed E-state index contributed by atoms with van der Waals surface area (Å²) in [5, 5.41) is 2.94. The topological polar surface area (TPSA) is 111 Å². The molecule has 1 amide bonds. The van der Waals surface area contributed by atoms with Gasteiger partial charge in [-0.15, -0.1) is 0 Å². The molecular formula is C30H37N5O4. The maximum Gasteiger partial charge on any atom is 0.271 e. The Morgan fingerprint density at radius 1 is 1.13 bits per heavy atom. The second kappa shape index (κ2) is 15.6. The van der Waals surface area contributed by atoms with Gasteiger partial charge in [0.25, 0.3) is 11.8 Å². The lowest BCUT2D eigenvalue weighted by Gasteiger charge is -2.11. The van der Waals surface area contributed by atoms with Gasteiger partial charge in [-0.2, -0.15) is 4.99 Å². The molecule has 39 heavy (non-hydrogen) atoms. The van der Waals surface area contributed by atoms with Crippen LogP contribution >= 0.6 is 0 Å². The fourth-order valence-electron chi connectivity index (χ4n) is 3.11. The largest absolute Gasteiger partial charge is 0.497 e. The van der Waals surface area contributed by atoms with Crippen molar-refractivity contribution in [3.63, 3.8) is 0 Å². The first kappa shape index (κ1) is 30.7. The summed E-state index contributed by atoms with van der Waals surface area (Å²) in [7, 11) is 6.95. The number of carbonyl (C=O) groups excluding carboxylic acids is 1.